The highest BCUT2D eigenvalue weighted by atomic mass is 32.2. The monoisotopic (exact) mass is 543 g/mol. The lowest BCUT2D eigenvalue weighted by molar-refractivity contribution is -0.0500. The number of hydrogen-bond acceptors (Lipinski definition) is 6. The van der Waals surface area contributed by atoms with Crippen LogP contribution in [0.3, 0.4) is 0 Å². The van der Waals surface area contributed by atoms with Crippen LogP contribution in [0.5, 0.6) is 0 Å². The zero-order valence-corrected chi connectivity index (χ0v) is 23.5. The van der Waals surface area contributed by atoms with E-state index in [9.17, 15) is 17.8 Å². The van der Waals surface area contributed by atoms with Gasteiger partial charge in [-0.25, -0.2) is 32.0 Å². The summed E-state index contributed by atoms with van der Waals surface area (Å²) in [6.07, 6.45) is 2.72. The van der Waals surface area contributed by atoms with Crippen molar-refractivity contribution in [3.05, 3.63) is 29.7 Å². The molecule has 0 aromatic carbocycles. The van der Waals surface area contributed by atoms with Crippen molar-refractivity contribution in [1.29, 1.82) is 0 Å². The Hall–Kier alpha value is -2.18. The van der Waals surface area contributed by atoms with Gasteiger partial charge in [-0.1, -0.05) is 0 Å². The molecule has 2 heterocycles. The highest BCUT2D eigenvalue weighted by molar-refractivity contribution is 7.84. The van der Waals surface area contributed by atoms with Gasteiger partial charge < -0.3 is 14.8 Å². The van der Waals surface area contributed by atoms with Gasteiger partial charge in [-0.2, -0.15) is 5.10 Å². The minimum Gasteiger partial charge on any atom is -0.444 e. The zero-order valence-electron chi connectivity index (χ0n) is 22.6. The maximum absolute atomic E-state index is 13.9. The summed E-state index contributed by atoms with van der Waals surface area (Å²) in [7, 11) is 0.226. The van der Waals surface area contributed by atoms with Gasteiger partial charge >= 0.3 is 6.09 Å². The molecule has 1 aliphatic carbocycles. The summed E-state index contributed by atoms with van der Waals surface area (Å²) < 4.78 is 55.4. The number of halogens is 2. The number of alkyl carbamates (subject to hydrolysis) is 1. The van der Waals surface area contributed by atoms with Gasteiger partial charge in [-0.3, -0.25) is 0 Å². The summed E-state index contributed by atoms with van der Waals surface area (Å²) in [6, 6.07) is 0.809. The molecule has 37 heavy (non-hydrogen) atoms. The first-order valence-electron chi connectivity index (χ1n) is 12.5. The van der Waals surface area contributed by atoms with Crippen molar-refractivity contribution in [1.82, 2.24) is 24.6 Å². The Kier molecular flexibility index (Phi) is 8.96. The number of carbonyl (C=O) groups excluding carboxylic acids is 1. The second kappa shape index (κ2) is 11.3. The van der Waals surface area contributed by atoms with Crippen molar-refractivity contribution in [2.45, 2.75) is 95.6 Å². The molecule has 0 unspecified atom stereocenters. The Morgan fingerprint density at radius 3 is 2.46 bits per heavy atom. The van der Waals surface area contributed by atoms with Crippen molar-refractivity contribution in [2.75, 3.05) is 13.7 Å². The lowest BCUT2D eigenvalue weighted by Gasteiger charge is -2.33. The summed E-state index contributed by atoms with van der Waals surface area (Å²) in [5.41, 5.74) is 1.05. The third-order valence-electron chi connectivity index (χ3n) is 6.13. The van der Waals surface area contributed by atoms with E-state index in [2.05, 4.69) is 15.1 Å². The highest BCUT2D eigenvalue weighted by Gasteiger charge is 2.39. The summed E-state index contributed by atoms with van der Waals surface area (Å²) >= 11 is 0. The van der Waals surface area contributed by atoms with E-state index < -0.39 is 39.4 Å². The number of ether oxygens (including phenoxy) is 2. The van der Waals surface area contributed by atoms with E-state index in [4.69, 9.17) is 14.5 Å². The standard InChI is InChI=1S/C25H39F2N5O4S/c1-23(2,3)36-22(33)30-21(16-8-10-25(26,27)11-9-16)18-14-32-20(29-18)12-17(13-28-32)19(15-35-7)31-37(34)24(4,5)6/h12-14,16,19,21,31H,8-11,15H2,1-7H3,(H,30,33)/t19-,21-,37+/m0/s1. The summed E-state index contributed by atoms with van der Waals surface area (Å²) in [5.74, 6) is -2.92. The minimum atomic E-state index is -2.70. The van der Waals surface area contributed by atoms with Crippen molar-refractivity contribution in [3.8, 4) is 0 Å². The molecule has 12 heteroatoms. The Morgan fingerprint density at radius 2 is 1.89 bits per heavy atom. The quantitative estimate of drug-likeness (QED) is 0.493. The highest BCUT2D eigenvalue weighted by Crippen LogP contribution is 2.41. The first-order chi connectivity index (χ1) is 17.1. The molecule has 1 fully saturated rings. The number of nitrogens with zero attached hydrogens (tertiary/aromatic N) is 3. The molecule has 0 spiro atoms. The third-order valence-corrected chi connectivity index (χ3v) is 7.74. The number of aromatic nitrogens is 3. The Labute approximate surface area is 219 Å². The molecule has 0 aliphatic heterocycles. The Bertz CT molecular complexity index is 1100. The SMILES string of the molecule is COC[C@H](N[S@](=O)C(C)(C)C)c1cnn2cc([C@@H](NC(=O)OC(C)(C)C)C3CCC(F)(F)CC3)nc2c1. The Morgan fingerprint density at radius 1 is 1.24 bits per heavy atom. The molecule has 3 rings (SSSR count). The number of methoxy groups -OCH3 is 1. The maximum atomic E-state index is 13.9. The summed E-state index contributed by atoms with van der Waals surface area (Å²) in [4.78, 5) is 17.3. The number of nitrogens with one attached hydrogen (secondary N) is 2. The molecule has 2 N–H and O–H groups in total. The molecule has 1 amide bonds. The van der Waals surface area contributed by atoms with Gasteiger partial charge in [-0.05, 0) is 71.9 Å². The number of hydrogen-bond donors (Lipinski definition) is 2. The lowest BCUT2D eigenvalue weighted by Crippen LogP contribution is -2.40. The van der Waals surface area contributed by atoms with Gasteiger partial charge in [0.15, 0.2) is 5.65 Å². The molecule has 2 aromatic rings. The number of carbonyl (C=O) groups is 1. The van der Waals surface area contributed by atoms with Crippen molar-refractivity contribution >= 4 is 22.7 Å². The van der Waals surface area contributed by atoms with Crippen LogP contribution in [0.1, 0.15) is 90.6 Å². The van der Waals surface area contributed by atoms with Crippen LogP contribution in [0.15, 0.2) is 18.5 Å². The van der Waals surface area contributed by atoms with E-state index in [0.29, 0.717) is 11.3 Å². The number of amides is 1. The smallest absolute Gasteiger partial charge is 0.408 e. The topological polar surface area (TPSA) is 107 Å². The van der Waals surface area contributed by atoms with E-state index in [1.807, 2.05) is 26.8 Å². The maximum Gasteiger partial charge on any atom is 0.408 e. The first-order valence-corrected chi connectivity index (χ1v) is 13.6. The zero-order chi connectivity index (χ0) is 27.6. The second-order valence-electron chi connectivity index (χ2n) is 11.6. The van der Waals surface area contributed by atoms with Crippen LogP contribution in [0.2, 0.25) is 0 Å². The van der Waals surface area contributed by atoms with Gasteiger partial charge in [0.2, 0.25) is 5.92 Å². The van der Waals surface area contributed by atoms with Crippen molar-refractivity contribution < 1.29 is 27.3 Å². The molecular weight excluding hydrogens is 504 g/mol. The van der Waals surface area contributed by atoms with Gasteiger partial charge in [-0.15, -0.1) is 0 Å². The number of rotatable bonds is 8. The van der Waals surface area contributed by atoms with E-state index in [-0.39, 0.29) is 44.2 Å². The van der Waals surface area contributed by atoms with Crippen LogP contribution in [0.4, 0.5) is 13.6 Å². The van der Waals surface area contributed by atoms with Gasteiger partial charge in [0, 0.05) is 20.0 Å². The van der Waals surface area contributed by atoms with Crippen molar-refractivity contribution in [3.63, 3.8) is 0 Å². The van der Waals surface area contributed by atoms with E-state index >= 15 is 0 Å². The first kappa shape index (κ1) is 29.4. The number of fused-ring (bicyclic) bond motifs is 1. The second-order valence-corrected chi connectivity index (χ2v) is 13.6. The van der Waals surface area contributed by atoms with Gasteiger partial charge in [0.05, 0.1) is 52.5 Å². The number of imidazole rings is 1. The van der Waals surface area contributed by atoms with Crippen molar-refractivity contribution in [2.24, 2.45) is 5.92 Å². The van der Waals surface area contributed by atoms with Gasteiger partial charge in [0.25, 0.3) is 0 Å². The average Bonchev–Trinajstić information content (AvgIpc) is 3.18. The largest absolute Gasteiger partial charge is 0.444 e. The molecular formula is C25H39F2N5O4S. The molecule has 3 atom stereocenters. The summed E-state index contributed by atoms with van der Waals surface area (Å²) in [6.45, 7) is 11.2. The molecule has 208 valence electrons. The normalized spacial score (nSPS) is 19.4. The molecule has 0 saturated heterocycles. The molecule has 9 nitrogen and oxygen atoms in total. The predicted molar refractivity (Wildman–Crippen MR) is 138 cm³/mol. The van der Waals surface area contributed by atoms with E-state index in [1.165, 1.54) is 0 Å². The van der Waals surface area contributed by atoms with E-state index in [0.717, 1.165) is 5.56 Å². The van der Waals surface area contributed by atoms with Crippen LogP contribution in [0, 0.1) is 5.92 Å². The van der Waals surface area contributed by atoms with Gasteiger partial charge in [0.1, 0.15) is 5.60 Å². The fourth-order valence-electron chi connectivity index (χ4n) is 4.18. The number of alkyl halides is 2. The molecule has 1 saturated carbocycles. The van der Waals surface area contributed by atoms with Crippen LogP contribution in [0.25, 0.3) is 5.65 Å². The minimum absolute atomic E-state index is 0.228. The van der Waals surface area contributed by atoms with E-state index in [1.54, 1.807) is 44.8 Å². The third kappa shape index (κ3) is 8.15. The van der Waals surface area contributed by atoms with Crippen LogP contribution in [-0.4, -0.2) is 54.9 Å². The fourth-order valence-corrected chi connectivity index (χ4v) is 5.00. The van der Waals surface area contributed by atoms with Crippen LogP contribution >= 0.6 is 0 Å². The average molecular weight is 544 g/mol. The molecule has 2 aromatic heterocycles. The predicted octanol–water partition coefficient (Wildman–Crippen LogP) is 4.86. The Balaban J connectivity index is 1.91. The fraction of sp³-hybridized carbons (Fsp3) is 0.720. The molecule has 0 bridgehead atoms. The summed E-state index contributed by atoms with van der Waals surface area (Å²) in [5, 5.41) is 7.33. The molecule has 1 aliphatic rings. The van der Waals surface area contributed by atoms with Crippen LogP contribution < -0.4 is 10.0 Å². The van der Waals surface area contributed by atoms with Crippen LogP contribution in [-0.2, 0) is 20.5 Å². The lowest BCUT2D eigenvalue weighted by atomic mass is 9.81. The molecule has 0 radical (unpaired) electrons.